The molecule has 136 valence electrons. The van der Waals surface area contributed by atoms with E-state index in [0.29, 0.717) is 5.28 Å². The van der Waals surface area contributed by atoms with Gasteiger partial charge in [-0.15, -0.1) is 11.3 Å². The molecule has 1 aromatic carbocycles. The van der Waals surface area contributed by atoms with E-state index in [0.717, 1.165) is 30.2 Å². The molecular weight excluding hydrogens is 362 g/mol. The number of aryl methyl sites for hydroxylation is 2. The Kier molecular flexibility index (Phi) is 5.14. The quantitative estimate of drug-likeness (QED) is 0.498. The maximum atomic E-state index is 6.31. The van der Waals surface area contributed by atoms with Crippen molar-refractivity contribution in [1.82, 2.24) is 9.97 Å². The number of anilines is 1. The van der Waals surface area contributed by atoms with Crippen LogP contribution in [0.1, 0.15) is 43.0 Å². The van der Waals surface area contributed by atoms with Crippen LogP contribution < -0.4 is 4.90 Å². The molecule has 0 saturated carbocycles. The zero-order valence-corrected chi connectivity index (χ0v) is 17.0. The fourth-order valence-electron chi connectivity index (χ4n) is 3.79. The third kappa shape index (κ3) is 3.33. The van der Waals surface area contributed by atoms with E-state index in [-0.39, 0.29) is 0 Å². The predicted octanol–water partition coefficient (Wildman–Crippen LogP) is 6.26. The van der Waals surface area contributed by atoms with Crippen LogP contribution in [0.2, 0.25) is 5.28 Å². The third-order valence-corrected chi connectivity index (χ3v) is 6.54. The molecule has 3 aromatic rings. The van der Waals surface area contributed by atoms with E-state index in [1.165, 1.54) is 52.6 Å². The number of thiophene rings is 1. The summed E-state index contributed by atoms with van der Waals surface area (Å²) in [7, 11) is 0. The molecule has 1 aliphatic heterocycles. The largest absolute Gasteiger partial charge is 0.356 e. The van der Waals surface area contributed by atoms with Crippen molar-refractivity contribution in [3.8, 4) is 11.1 Å². The fourth-order valence-corrected chi connectivity index (χ4v) is 5.13. The Hall–Kier alpha value is -1.65. The van der Waals surface area contributed by atoms with Crippen LogP contribution in [0.4, 0.5) is 5.82 Å². The number of nitrogens with zero attached hydrogens (tertiary/aromatic N) is 3. The van der Waals surface area contributed by atoms with E-state index < -0.39 is 0 Å². The minimum Gasteiger partial charge on any atom is -0.356 e. The molecule has 5 heteroatoms. The first kappa shape index (κ1) is 17.7. The van der Waals surface area contributed by atoms with Crippen LogP contribution in [-0.2, 0) is 6.42 Å². The van der Waals surface area contributed by atoms with E-state index in [1.807, 2.05) is 0 Å². The van der Waals surface area contributed by atoms with Crippen molar-refractivity contribution in [2.24, 2.45) is 0 Å². The summed E-state index contributed by atoms with van der Waals surface area (Å²) >= 11 is 8.07. The van der Waals surface area contributed by atoms with Gasteiger partial charge in [0.15, 0.2) is 0 Å². The summed E-state index contributed by atoms with van der Waals surface area (Å²) in [6.45, 7) is 6.44. The van der Waals surface area contributed by atoms with Gasteiger partial charge in [-0.1, -0.05) is 49.6 Å². The van der Waals surface area contributed by atoms with Gasteiger partial charge in [0.2, 0.25) is 5.28 Å². The molecule has 4 rings (SSSR count). The Bertz CT molecular complexity index is 909. The first-order valence-electron chi connectivity index (χ1n) is 9.48. The lowest BCUT2D eigenvalue weighted by molar-refractivity contribution is 0.726. The second-order valence-corrected chi connectivity index (χ2v) is 8.44. The molecule has 0 spiro atoms. The van der Waals surface area contributed by atoms with Crippen molar-refractivity contribution in [2.75, 3.05) is 18.0 Å². The van der Waals surface area contributed by atoms with Crippen molar-refractivity contribution in [1.29, 1.82) is 0 Å². The summed E-state index contributed by atoms with van der Waals surface area (Å²) in [6.07, 6.45) is 6.02. The number of hydrogen-bond donors (Lipinski definition) is 0. The maximum Gasteiger partial charge on any atom is 0.225 e. The van der Waals surface area contributed by atoms with Gasteiger partial charge in [0, 0.05) is 23.5 Å². The smallest absolute Gasteiger partial charge is 0.225 e. The highest BCUT2D eigenvalue weighted by Gasteiger charge is 2.23. The molecule has 0 unspecified atom stereocenters. The van der Waals surface area contributed by atoms with Crippen LogP contribution in [0.15, 0.2) is 24.3 Å². The second-order valence-electron chi connectivity index (χ2n) is 7.02. The van der Waals surface area contributed by atoms with Crippen molar-refractivity contribution in [3.63, 3.8) is 0 Å². The summed E-state index contributed by atoms with van der Waals surface area (Å²) < 4.78 is 0. The Morgan fingerprint density at radius 1 is 1.04 bits per heavy atom. The molecule has 3 heterocycles. The molecule has 26 heavy (non-hydrogen) atoms. The summed E-state index contributed by atoms with van der Waals surface area (Å²) in [5.74, 6) is 1.02. The Morgan fingerprint density at radius 3 is 2.38 bits per heavy atom. The highest BCUT2D eigenvalue weighted by molar-refractivity contribution is 7.19. The molecular formula is C21H24ClN3S. The zero-order chi connectivity index (χ0) is 18.1. The highest BCUT2D eigenvalue weighted by Crippen LogP contribution is 2.43. The van der Waals surface area contributed by atoms with Crippen molar-refractivity contribution in [3.05, 3.63) is 40.0 Å². The second kappa shape index (κ2) is 7.53. The number of rotatable bonds is 3. The Labute approximate surface area is 164 Å². The van der Waals surface area contributed by atoms with Gasteiger partial charge in [0.05, 0.1) is 5.39 Å². The van der Waals surface area contributed by atoms with Crippen LogP contribution in [0.25, 0.3) is 21.3 Å². The lowest BCUT2D eigenvalue weighted by Gasteiger charge is -2.23. The van der Waals surface area contributed by atoms with Crippen LogP contribution in [-0.4, -0.2) is 23.1 Å². The lowest BCUT2D eigenvalue weighted by Crippen LogP contribution is -2.25. The van der Waals surface area contributed by atoms with E-state index in [9.17, 15) is 0 Å². The number of fused-ring (bicyclic) bond motifs is 1. The first-order valence-corrected chi connectivity index (χ1v) is 10.7. The van der Waals surface area contributed by atoms with Gasteiger partial charge in [-0.2, -0.15) is 4.98 Å². The van der Waals surface area contributed by atoms with Gasteiger partial charge in [-0.05, 0) is 43.4 Å². The van der Waals surface area contributed by atoms with Gasteiger partial charge in [0.25, 0.3) is 0 Å². The van der Waals surface area contributed by atoms with Gasteiger partial charge < -0.3 is 4.90 Å². The SMILES string of the molecule is CCc1sc2nc(Cl)nc(N3CCCCCC3)c2c1-c1ccc(C)cc1. The molecule has 0 aliphatic carbocycles. The summed E-state index contributed by atoms with van der Waals surface area (Å²) in [5.41, 5.74) is 3.82. The van der Waals surface area contributed by atoms with E-state index in [1.54, 1.807) is 11.3 Å². The van der Waals surface area contributed by atoms with E-state index in [2.05, 4.69) is 48.0 Å². The van der Waals surface area contributed by atoms with Gasteiger partial charge >= 0.3 is 0 Å². The normalized spacial score (nSPS) is 15.4. The molecule has 0 radical (unpaired) electrons. The third-order valence-electron chi connectivity index (χ3n) is 5.15. The van der Waals surface area contributed by atoms with Crippen LogP contribution >= 0.6 is 22.9 Å². The van der Waals surface area contributed by atoms with Crippen molar-refractivity contribution >= 4 is 39.0 Å². The van der Waals surface area contributed by atoms with Gasteiger partial charge in [-0.25, -0.2) is 4.98 Å². The average molecular weight is 386 g/mol. The zero-order valence-electron chi connectivity index (χ0n) is 15.4. The maximum absolute atomic E-state index is 6.31. The predicted molar refractivity (Wildman–Crippen MR) is 113 cm³/mol. The molecule has 0 amide bonds. The van der Waals surface area contributed by atoms with Gasteiger partial charge in [0.1, 0.15) is 10.6 Å². The summed E-state index contributed by atoms with van der Waals surface area (Å²) in [6, 6.07) is 8.80. The number of aromatic nitrogens is 2. The van der Waals surface area contributed by atoms with E-state index in [4.69, 9.17) is 16.6 Å². The molecule has 2 aromatic heterocycles. The summed E-state index contributed by atoms with van der Waals surface area (Å²) in [4.78, 5) is 14.1. The van der Waals surface area contributed by atoms with E-state index >= 15 is 0 Å². The molecule has 3 nitrogen and oxygen atoms in total. The molecule has 1 fully saturated rings. The number of halogens is 1. The summed E-state index contributed by atoms with van der Waals surface area (Å²) in [5, 5.41) is 1.54. The standard InChI is InChI=1S/C21H24ClN3S/c1-3-16-17(15-10-8-14(2)9-11-15)18-19(23-21(22)24-20(18)26-16)25-12-6-4-5-7-13-25/h8-11H,3-7,12-13H2,1-2H3. The van der Waals surface area contributed by atoms with Crippen LogP contribution in [0.3, 0.4) is 0 Å². The molecule has 0 atom stereocenters. The fraction of sp³-hybridized carbons (Fsp3) is 0.429. The molecule has 0 bridgehead atoms. The monoisotopic (exact) mass is 385 g/mol. The van der Waals surface area contributed by atoms with Crippen molar-refractivity contribution < 1.29 is 0 Å². The first-order chi connectivity index (χ1) is 12.7. The van der Waals surface area contributed by atoms with Crippen LogP contribution in [0, 0.1) is 6.92 Å². The number of hydrogen-bond acceptors (Lipinski definition) is 4. The van der Waals surface area contributed by atoms with Gasteiger partial charge in [-0.3, -0.25) is 0 Å². The Balaban J connectivity index is 1.96. The topological polar surface area (TPSA) is 29.0 Å². The average Bonchev–Trinajstić information content (AvgIpc) is 2.81. The molecule has 0 N–H and O–H groups in total. The number of benzene rings is 1. The molecule has 1 aliphatic rings. The molecule has 1 saturated heterocycles. The Morgan fingerprint density at radius 2 is 1.73 bits per heavy atom. The minimum atomic E-state index is 0.358. The highest BCUT2D eigenvalue weighted by atomic mass is 35.5. The minimum absolute atomic E-state index is 0.358. The lowest BCUT2D eigenvalue weighted by atomic mass is 10.0. The van der Waals surface area contributed by atoms with Crippen LogP contribution in [0.5, 0.6) is 0 Å². The van der Waals surface area contributed by atoms with Crippen molar-refractivity contribution in [2.45, 2.75) is 46.0 Å².